The zero-order chi connectivity index (χ0) is 22.2. The van der Waals surface area contributed by atoms with Gasteiger partial charge in [0.25, 0.3) is 0 Å². The van der Waals surface area contributed by atoms with Gasteiger partial charge in [-0.25, -0.2) is 13.6 Å². The SMILES string of the molecule is O=C(O)c1nn(CC2COC2)c2ccc(-c3cc(CN4CCCCC4)cc(F)c3F)cc12. The van der Waals surface area contributed by atoms with Gasteiger partial charge < -0.3 is 9.84 Å². The normalized spacial score (nSPS) is 17.6. The topological polar surface area (TPSA) is 67.6 Å². The van der Waals surface area contributed by atoms with Gasteiger partial charge in [0.05, 0.1) is 18.7 Å². The van der Waals surface area contributed by atoms with Gasteiger partial charge in [-0.3, -0.25) is 9.58 Å². The molecule has 6 nitrogen and oxygen atoms in total. The molecular formula is C24H25F2N3O3. The fourth-order valence-corrected chi connectivity index (χ4v) is 4.60. The first-order valence-electron chi connectivity index (χ1n) is 11.0. The molecule has 2 aliphatic heterocycles. The summed E-state index contributed by atoms with van der Waals surface area (Å²) < 4.78 is 36.1. The number of carboxylic acids is 1. The van der Waals surface area contributed by atoms with Crippen LogP contribution in [0.4, 0.5) is 8.78 Å². The zero-order valence-electron chi connectivity index (χ0n) is 17.7. The minimum atomic E-state index is -1.15. The maximum atomic E-state index is 14.8. The molecule has 32 heavy (non-hydrogen) atoms. The van der Waals surface area contributed by atoms with Gasteiger partial charge in [0, 0.05) is 30.0 Å². The average Bonchev–Trinajstić information content (AvgIpc) is 3.12. The van der Waals surface area contributed by atoms with Crippen LogP contribution >= 0.6 is 0 Å². The van der Waals surface area contributed by atoms with Crippen molar-refractivity contribution in [3.8, 4) is 11.1 Å². The molecule has 0 spiro atoms. The first-order chi connectivity index (χ1) is 15.5. The van der Waals surface area contributed by atoms with Gasteiger partial charge in [-0.05, 0) is 61.3 Å². The van der Waals surface area contributed by atoms with Crippen LogP contribution in [0.3, 0.4) is 0 Å². The second-order valence-corrected chi connectivity index (χ2v) is 8.75. The van der Waals surface area contributed by atoms with Crippen LogP contribution in [0, 0.1) is 17.6 Å². The van der Waals surface area contributed by atoms with Gasteiger partial charge >= 0.3 is 5.97 Å². The Labute approximate surface area is 184 Å². The van der Waals surface area contributed by atoms with Crippen molar-refractivity contribution in [1.82, 2.24) is 14.7 Å². The first kappa shape index (κ1) is 21.0. The molecule has 2 aliphatic rings. The lowest BCUT2D eigenvalue weighted by molar-refractivity contribution is -0.0403. The van der Waals surface area contributed by atoms with Gasteiger partial charge in [-0.15, -0.1) is 0 Å². The fourth-order valence-electron chi connectivity index (χ4n) is 4.60. The molecule has 2 saturated heterocycles. The van der Waals surface area contributed by atoms with Crippen molar-refractivity contribution >= 4 is 16.9 Å². The van der Waals surface area contributed by atoms with Crippen LogP contribution in [0.1, 0.15) is 35.3 Å². The smallest absolute Gasteiger partial charge is 0.357 e. The highest BCUT2D eigenvalue weighted by Crippen LogP contribution is 2.31. The molecule has 2 fully saturated rings. The van der Waals surface area contributed by atoms with E-state index in [1.54, 1.807) is 28.9 Å². The van der Waals surface area contributed by atoms with E-state index in [2.05, 4.69) is 10.00 Å². The standard InChI is InChI=1S/C24H25F2N3O3/c25-20-9-15(11-28-6-2-1-3-7-28)8-18(22(20)26)17-4-5-21-19(10-17)23(24(30)31)27-29(21)12-16-13-32-14-16/h4-5,8-10,16H,1-3,6-7,11-14H2,(H,30,31). The summed E-state index contributed by atoms with van der Waals surface area (Å²) in [6.07, 6.45) is 3.43. The summed E-state index contributed by atoms with van der Waals surface area (Å²) in [6, 6.07) is 7.96. The van der Waals surface area contributed by atoms with Crippen molar-refractivity contribution in [2.75, 3.05) is 26.3 Å². The number of likely N-dealkylation sites (tertiary alicyclic amines) is 1. The van der Waals surface area contributed by atoms with Crippen molar-refractivity contribution in [2.24, 2.45) is 5.92 Å². The molecular weight excluding hydrogens is 416 g/mol. The molecule has 0 unspecified atom stereocenters. The molecule has 168 valence electrons. The van der Waals surface area contributed by atoms with Crippen molar-refractivity contribution in [3.05, 3.63) is 53.2 Å². The molecule has 3 heterocycles. The lowest BCUT2D eigenvalue weighted by Gasteiger charge is -2.26. The minimum absolute atomic E-state index is 0.0903. The van der Waals surface area contributed by atoms with Crippen molar-refractivity contribution in [2.45, 2.75) is 32.4 Å². The molecule has 0 saturated carbocycles. The van der Waals surface area contributed by atoms with E-state index < -0.39 is 17.6 Å². The zero-order valence-corrected chi connectivity index (χ0v) is 17.7. The number of nitrogens with zero attached hydrogens (tertiary/aromatic N) is 3. The Morgan fingerprint density at radius 3 is 2.59 bits per heavy atom. The predicted octanol–water partition coefficient (Wildman–Crippen LogP) is 4.31. The number of benzene rings is 2. The molecule has 1 aromatic heterocycles. The molecule has 2 aromatic carbocycles. The second-order valence-electron chi connectivity index (χ2n) is 8.75. The molecule has 0 aliphatic carbocycles. The number of rotatable bonds is 6. The Bertz CT molecular complexity index is 1170. The number of hydrogen-bond donors (Lipinski definition) is 1. The predicted molar refractivity (Wildman–Crippen MR) is 115 cm³/mol. The van der Waals surface area contributed by atoms with Crippen LogP contribution in [0.15, 0.2) is 30.3 Å². The van der Waals surface area contributed by atoms with E-state index in [4.69, 9.17) is 4.74 Å². The van der Waals surface area contributed by atoms with E-state index >= 15 is 0 Å². The number of carboxylic acid groups (broad SMARTS) is 1. The van der Waals surface area contributed by atoms with Crippen molar-refractivity contribution in [3.63, 3.8) is 0 Å². The first-order valence-corrected chi connectivity index (χ1v) is 11.0. The Morgan fingerprint density at radius 1 is 1.12 bits per heavy atom. The van der Waals surface area contributed by atoms with Crippen LogP contribution in [0.2, 0.25) is 0 Å². The molecule has 8 heteroatoms. The van der Waals surface area contributed by atoms with E-state index in [1.807, 2.05) is 0 Å². The van der Waals surface area contributed by atoms with Gasteiger partial charge in [-0.1, -0.05) is 12.5 Å². The van der Waals surface area contributed by atoms with Crippen LogP contribution in [-0.4, -0.2) is 52.1 Å². The summed E-state index contributed by atoms with van der Waals surface area (Å²) >= 11 is 0. The van der Waals surface area contributed by atoms with Crippen LogP contribution in [0.25, 0.3) is 22.0 Å². The summed E-state index contributed by atoms with van der Waals surface area (Å²) in [5.41, 5.74) is 1.84. The Kier molecular flexibility index (Phi) is 5.65. The van der Waals surface area contributed by atoms with E-state index in [0.29, 0.717) is 48.3 Å². The van der Waals surface area contributed by atoms with Crippen molar-refractivity contribution in [1.29, 1.82) is 0 Å². The number of ether oxygens (including phenoxy) is 1. The highest BCUT2D eigenvalue weighted by Gasteiger charge is 2.24. The third kappa shape index (κ3) is 4.00. The number of piperidine rings is 1. The van der Waals surface area contributed by atoms with E-state index in [1.165, 1.54) is 12.5 Å². The lowest BCUT2D eigenvalue weighted by Crippen LogP contribution is -2.31. The van der Waals surface area contributed by atoms with Gasteiger partial charge in [0.2, 0.25) is 0 Å². The van der Waals surface area contributed by atoms with E-state index in [-0.39, 0.29) is 17.2 Å². The highest BCUT2D eigenvalue weighted by atomic mass is 19.2. The largest absolute Gasteiger partial charge is 0.476 e. The molecule has 0 amide bonds. The molecule has 0 radical (unpaired) electrons. The average molecular weight is 441 g/mol. The van der Waals surface area contributed by atoms with Gasteiger partial charge in [-0.2, -0.15) is 5.10 Å². The Balaban J connectivity index is 1.53. The number of carbonyl (C=O) groups is 1. The Hall–Kier alpha value is -2.84. The summed E-state index contributed by atoms with van der Waals surface area (Å²) in [5.74, 6) is -2.69. The van der Waals surface area contributed by atoms with Crippen LogP contribution in [0.5, 0.6) is 0 Å². The summed E-state index contributed by atoms with van der Waals surface area (Å²) in [5, 5.41) is 14.3. The maximum absolute atomic E-state index is 14.8. The van der Waals surface area contributed by atoms with Crippen LogP contribution < -0.4 is 0 Å². The van der Waals surface area contributed by atoms with E-state index in [0.717, 1.165) is 25.9 Å². The number of fused-ring (bicyclic) bond motifs is 1. The number of hydrogen-bond acceptors (Lipinski definition) is 4. The quantitative estimate of drug-likeness (QED) is 0.617. The molecule has 1 N–H and O–H groups in total. The third-order valence-electron chi connectivity index (χ3n) is 6.35. The monoisotopic (exact) mass is 441 g/mol. The minimum Gasteiger partial charge on any atom is -0.476 e. The molecule has 0 bridgehead atoms. The van der Waals surface area contributed by atoms with Gasteiger partial charge in [0.15, 0.2) is 17.3 Å². The number of aromatic nitrogens is 2. The second kappa shape index (κ2) is 8.60. The lowest BCUT2D eigenvalue weighted by atomic mass is 9.99. The molecule has 5 rings (SSSR count). The summed E-state index contributed by atoms with van der Waals surface area (Å²) in [4.78, 5) is 14.1. The van der Waals surface area contributed by atoms with Crippen molar-refractivity contribution < 1.29 is 23.4 Å². The van der Waals surface area contributed by atoms with Gasteiger partial charge in [0.1, 0.15) is 0 Å². The summed E-state index contributed by atoms with van der Waals surface area (Å²) in [7, 11) is 0. The van der Waals surface area contributed by atoms with Crippen LogP contribution in [-0.2, 0) is 17.8 Å². The number of halogens is 2. The highest BCUT2D eigenvalue weighted by molar-refractivity contribution is 6.02. The fraction of sp³-hybridized carbons (Fsp3) is 0.417. The summed E-state index contributed by atoms with van der Waals surface area (Å²) in [6.45, 7) is 4.26. The maximum Gasteiger partial charge on any atom is 0.357 e. The molecule has 0 atom stereocenters. The number of aromatic carboxylic acids is 1. The van der Waals surface area contributed by atoms with E-state index in [9.17, 15) is 18.7 Å². The Morgan fingerprint density at radius 2 is 1.91 bits per heavy atom. The molecule has 3 aromatic rings. The third-order valence-corrected chi connectivity index (χ3v) is 6.35.